The van der Waals surface area contributed by atoms with E-state index in [-0.39, 0.29) is 5.82 Å². The summed E-state index contributed by atoms with van der Waals surface area (Å²) in [6.07, 6.45) is 0. The van der Waals surface area contributed by atoms with Crippen molar-refractivity contribution in [2.45, 2.75) is 6.92 Å². The van der Waals surface area contributed by atoms with Gasteiger partial charge in [-0.25, -0.2) is 9.37 Å². The van der Waals surface area contributed by atoms with Gasteiger partial charge in [0.1, 0.15) is 11.6 Å². The third kappa shape index (κ3) is 3.73. The Kier molecular flexibility index (Phi) is 5.41. The van der Waals surface area contributed by atoms with Gasteiger partial charge in [0.15, 0.2) is 0 Å². The summed E-state index contributed by atoms with van der Waals surface area (Å²) in [5.41, 5.74) is 9.60. The Bertz CT molecular complexity index is 1870. The molecule has 0 aliphatic heterocycles. The maximum atomic E-state index is 14.4. The molecular weight excluding hydrogens is 487 g/mol. The molecule has 0 bridgehead atoms. The molecule has 0 saturated heterocycles. The first kappa shape index (κ1) is 22.6. The monoisotopic (exact) mass is 510 g/mol. The van der Waals surface area contributed by atoms with Gasteiger partial charge in [-0.1, -0.05) is 72.8 Å². The highest BCUT2D eigenvalue weighted by Gasteiger charge is 2.23. The van der Waals surface area contributed by atoms with E-state index in [0.29, 0.717) is 0 Å². The van der Waals surface area contributed by atoms with Crippen LogP contribution in [0.5, 0.6) is 0 Å². The fourth-order valence-corrected chi connectivity index (χ4v) is 6.22. The van der Waals surface area contributed by atoms with Gasteiger partial charge in [-0.2, -0.15) is 0 Å². The number of benzene rings is 5. The van der Waals surface area contributed by atoms with Crippen LogP contribution >= 0.6 is 11.3 Å². The van der Waals surface area contributed by atoms with Crippen LogP contribution in [0.15, 0.2) is 121 Å². The summed E-state index contributed by atoms with van der Waals surface area (Å²) in [6, 6.07) is 38.7. The van der Waals surface area contributed by atoms with Crippen LogP contribution in [0, 0.1) is 12.7 Å². The van der Waals surface area contributed by atoms with Crippen molar-refractivity contribution in [1.82, 2.24) is 9.55 Å². The number of aryl methyl sites for hydroxylation is 1. The molecule has 0 amide bonds. The van der Waals surface area contributed by atoms with E-state index in [4.69, 9.17) is 4.98 Å². The van der Waals surface area contributed by atoms with Crippen LogP contribution in [0.3, 0.4) is 0 Å². The molecule has 7 rings (SSSR count). The lowest BCUT2D eigenvalue weighted by Crippen LogP contribution is -2.03. The van der Waals surface area contributed by atoms with Gasteiger partial charge in [-0.15, -0.1) is 11.3 Å². The Morgan fingerprint density at radius 2 is 1.32 bits per heavy atom. The number of rotatable bonds is 4. The second-order valence-electron chi connectivity index (χ2n) is 9.49. The first-order chi connectivity index (χ1) is 18.7. The zero-order valence-corrected chi connectivity index (χ0v) is 21.5. The number of imidazole rings is 1. The second kappa shape index (κ2) is 9.09. The molecule has 2 heterocycles. The molecule has 0 spiro atoms. The second-order valence-corrected chi connectivity index (χ2v) is 10.4. The van der Waals surface area contributed by atoms with E-state index in [1.165, 1.54) is 11.6 Å². The van der Waals surface area contributed by atoms with Crippen LogP contribution in [-0.2, 0) is 0 Å². The molecule has 5 aromatic carbocycles. The lowest BCUT2D eigenvalue weighted by atomic mass is 9.93. The fraction of sp³-hybridized carbons (Fsp3) is 0.0294. The smallest absolute Gasteiger partial charge is 0.147 e. The van der Waals surface area contributed by atoms with Crippen molar-refractivity contribution in [2.75, 3.05) is 0 Å². The molecule has 4 heteroatoms. The Balaban J connectivity index is 1.65. The normalized spacial score (nSPS) is 11.4. The molecule has 182 valence electrons. The molecule has 0 aliphatic rings. The topological polar surface area (TPSA) is 17.8 Å². The molecule has 0 atom stereocenters. The molecule has 2 nitrogen and oxygen atoms in total. The van der Waals surface area contributed by atoms with Crippen LogP contribution in [0.4, 0.5) is 4.39 Å². The first-order valence-corrected chi connectivity index (χ1v) is 13.5. The van der Waals surface area contributed by atoms with Crippen molar-refractivity contribution in [3.63, 3.8) is 0 Å². The van der Waals surface area contributed by atoms with Gasteiger partial charge in [0.2, 0.25) is 0 Å². The zero-order valence-electron chi connectivity index (χ0n) is 20.7. The van der Waals surface area contributed by atoms with Gasteiger partial charge in [-0.05, 0) is 66.1 Å². The molecule has 38 heavy (non-hydrogen) atoms. The van der Waals surface area contributed by atoms with Crippen LogP contribution in [0.25, 0.3) is 60.4 Å². The number of hydrogen-bond acceptors (Lipinski definition) is 2. The van der Waals surface area contributed by atoms with Crippen molar-refractivity contribution in [3.05, 3.63) is 132 Å². The zero-order chi connectivity index (χ0) is 25.6. The third-order valence-electron chi connectivity index (χ3n) is 6.98. The van der Waals surface area contributed by atoms with Crippen LogP contribution in [0.2, 0.25) is 0 Å². The highest BCUT2D eigenvalue weighted by molar-refractivity contribution is 7.17. The van der Waals surface area contributed by atoms with Crippen LogP contribution < -0.4 is 0 Å². The SMILES string of the molecule is Cc1cc(-c2ccccc2)c(-n2c(-c3csc4ccc(F)cc34)nc3ccccc32)c(-c2ccccc2)c1. The number of fused-ring (bicyclic) bond motifs is 2. The minimum atomic E-state index is -0.245. The summed E-state index contributed by atoms with van der Waals surface area (Å²) in [5, 5.41) is 2.97. The van der Waals surface area contributed by atoms with Gasteiger partial charge in [0.25, 0.3) is 0 Å². The average molecular weight is 511 g/mol. The van der Waals surface area contributed by atoms with E-state index >= 15 is 0 Å². The van der Waals surface area contributed by atoms with Crippen molar-refractivity contribution < 1.29 is 4.39 Å². The van der Waals surface area contributed by atoms with Crippen molar-refractivity contribution in [1.29, 1.82) is 0 Å². The Morgan fingerprint density at radius 1 is 0.684 bits per heavy atom. The predicted octanol–water partition coefficient (Wildman–Crippen LogP) is 9.69. The number of hydrogen-bond donors (Lipinski definition) is 0. The lowest BCUT2D eigenvalue weighted by molar-refractivity contribution is 0.630. The summed E-state index contributed by atoms with van der Waals surface area (Å²) >= 11 is 1.61. The summed E-state index contributed by atoms with van der Waals surface area (Å²) in [6.45, 7) is 2.14. The van der Waals surface area contributed by atoms with E-state index in [0.717, 1.165) is 60.4 Å². The lowest BCUT2D eigenvalue weighted by Gasteiger charge is -2.20. The number of nitrogens with zero attached hydrogens (tertiary/aromatic N) is 2. The van der Waals surface area contributed by atoms with Crippen molar-refractivity contribution in [3.8, 4) is 39.3 Å². The van der Waals surface area contributed by atoms with Gasteiger partial charge < -0.3 is 0 Å². The van der Waals surface area contributed by atoms with Gasteiger partial charge in [0, 0.05) is 32.2 Å². The predicted molar refractivity (Wildman–Crippen MR) is 157 cm³/mol. The van der Waals surface area contributed by atoms with Crippen molar-refractivity contribution >= 4 is 32.5 Å². The minimum Gasteiger partial charge on any atom is -0.291 e. The van der Waals surface area contributed by atoms with E-state index in [1.807, 2.05) is 36.4 Å². The van der Waals surface area contributed by atoms with Crippen LogP contribution in [-0.4, -0.2) is 9.55 Å². The summed E-state index contributed by atoms with van der Waals surface area (Å²) in [7, 11) is 0. The largest absolute Gasteiger partial charge is 0.291 e. The van der Waals surface area contributed by atoms with E-state index in [1.54, 1.807) is 17.4 Å². The molecule has 2 aromatic heterocycles. The van der Waals surface area contributed by atoms with Gasteiger partial charge >= 0.3 is 0 Å². The minimum absolute atomic E-state index is 0.245. The van der Waals surface area contributed by atoms with E-state index < -0.39 is 0 Å². The molecule has 0 fully saturated rings. The van der Waals surface area contributed by atoms with Gasteiger partial charge in [0.05, 0.1) is 16.7 Å². The molecular formula is C34H23FN2S. The first-order valence-electron chi connectivity index (χ1n) is 12.6. The fourth-order valence-electron chi connectivity index (χ4n) is 5.30. The number of thiophene rings is 1. The van der Waals surface area contributed by atoms with Crippen molar-refractivity contribution in [2.24, 2.45) is 0 Å². The summed E-state index contributed by atoms with van der Waals surface area (Å²) in [5.74, 6) is 0.561. The van der Waals surface area contributed by atoms with E-state index in [9.17, 15) is 4.39 Å². The number of aromatic nitrogens is 2. The molecule has 0 saturated carbocycles. The summed E-state index contributed by atoms with van der Waals surface area (Å²) < 4.78 is 17.7. The summed E-state index contributed by atoms with van der Waals surface area (Å²) in [4.78, 5) is 5.15. The molecule has 7 aromatic rings. The Hall–Kier alpha value is -4.54. The molecule has 0 N–H and O–H groups in total. The highest BCUT2D eigenvalue weighted by atomic mass is 32.1. The van der Waals surface area contributed by atoms with E-state index in [2.05, 4.69) is 83.6 Å². The highest BCUT2D eigenvalue weighted by Crippen LogP contribution is 2.43. The number of para-hydroxylation sites is 2. The molecule has 0 unspecified atom stereocenters. The Morgan fingerprint density at radius 3 is 2.00 bits per heavy atom. The Labute approximate surface area is 224 Å². The standard InChI is InChI=1S/C34H23FN2S/c1-22-18-26(23-10-4-2-5-11-23)33(27(19-22)24-12-6-3-7-13-24)37-31-15-9-8-14-30(31)36-34(37)29-21-38-32-17-16-25(35)20-28(29)32/h2-21H,1H3. The average Bonchev–Trinajstić information content (AvgIpc) is 3.54. The maximum absolute atomic E-state index is 14.4. The quantitative estimate of drug-likeness (QED) is 0.230. The number of halogens is 1. The molecule has 0 aliphatic carbocycles. The maximum Gasteiger partial charge on any atom is 0.147 e. The van der Waals surface area contributed by atoms with Gasteiger partial charge in [-0.3, -0.25) is 4.57 Å². The molecule has 0 radical (unpaired) electrons. The third-order valence-corrected chi connectivity index (χ3v) is 7.95. The van der Waals surface area contributed by atoms with Crippen LogP contribution in [0.1, 0.15) is 5.56 Å².